The van der Waals surface area contributed by atoms with Crippen LogP contribution in [0.2, 0.25) is 0 Å². The van der Waals surface area contributed by atoms with Gasteiger partial charge >= 0.3 is 5.97 Å². The maximum Gasteiger partial charge on any atom is 0.326 e. The average molecular weight is 279 g/mol. The van der Waals surface area contributed by atoms with Crippen molar-refractivity contribution in [3.63, 3.8) is 0 Å². The van der Waals surface area contributed by atoms with Gasteiger partial charge in [-0.05, 0) is 25.0 Å². The van der Waals surface area contributed by atoms with Gasteiger partial charge in [-0.1, -0.05) is 6.07 Å². The van der Waals surface area contributed by atoms with E-state index in [4.69, 9.17) is 10.8 Å². The van der Waals surface area contributed by atoms with Crippen LogP contribution in [0.15, 0.2) is 24.4 Å². The molecule has 1 rings (SSSR count). The number of hydrogen-bond acceptors (Lipinski definition) is 4. The van der Waals surface area contributed by atoms with Crippen LogP contribution < -0.4 is 11.1 Å². The van der Waals surface area contributed by atoms with Crippen molar-refractivity contribution in [2.24, 2.45) is 5.73 Å². The van der Waals surface area contributed by atoms with E-state index < -0.39 is 23.8 Å². The van der Waals surface area contributed by atoms with E-state index in [-0.39, 0.29) is 19.3 Å². The number of amides is 2. The number of nitrogens with zero attached hydrogens (tertiary/aromatic N) is 1. The number of carboxylic acids is 1. The third-order valence-electron chi connectivity index (χ3n) is 2.65. The molecule has 1 aromatic heterocycles. The van der Waals surface area contributed by atoms with E-state index in [0.29, 0.717) is 6.42 Å². The van der Waals surface area contributed by atoms with Crippen LogP contribution in [0.1, 0.15) is 25.0 Å². The molecule has 1 aromatic rings. The number of nitrogens with one attached hydrogen (secondary N) is 1. The second kappa shape index (κ2) is 7.88. The van der Waals surface area contributed by atoms with Crippen LogP contribution in [0.5, 0.6) is 0 Å². The van der Waals surface area contributed by atoms with Crippen LogP contribution in [-0.4, -0.2) is 33.9 Å². The van der Waals surface area contributed by atoms with Crippen molar-refractivity contribution in [3.05, 3.63) is 30.1 Å². The molecule has 0 aliphatic heterocycles. The molecule has 0 aliphatic rings. The molecule has 0 bridgehead atoms. The summed E-state index contributed by atoms with van der Waals surface area (Å²) in [5.41, 5.74) is 5.71. The molecule has 1 unspecified atom stereocenters. The summed E-state index contributed by atoms with van der Waals surface area (Å²) in [6.45, 7) is 0. The maximum absolute atomic E-state index is 11.7. The summed E-state index contributed by atoms with van der Waals surface area (Å²) in [5, 5.41) is 11.3. The first-order chi connectivity index (χ1) is 9.49. The van der Waals surface area contributed by atoms with Gasteiger partial charge < -0.3 is 16.2 Å². The zero-order chi connectivity index (χ0) is 15.0. The van der Waals surface area contributed by atoms with E-state index in [9.17, 15) is 14.4 Å². The molecule has 7 nitrogen and oxygen atoms in total. The highest BCUT2D eigenvalue weighted by molar-refractivity contribution is 5.84. The first-order valence-electron chi connectivity index (χ1n) is 6.19. The van der Waals surface area contributed by atoms with Crippen LogP contribution in [0.4, 0.5) is 0 Å². The molecule has 108 valence electrons. The van der Waals surface area contributed by atoms with E-state index in [1.807, 2.05) is 6.07 Å². The van der Waals surface area contributed by atoms with Gasteiger partial charge in [-0.2, -0.15) is 0 Å². The molecular weight excluding hydrogens is 262 g/mol. The first kappa shape index (κ1) is 15.6. The fraction of sp³-hybridized carbons (Fsp3) is 0.385. The van der Waals surface area contributed by atoms with Gasteiger partial charge in [0, 0.05) is 24.7 Å². The molecule has 0 aliphatic carbocycles. The third-order valence-corrected chi connectivity index (χ3v) is 2.65. The minimum absolute atomic E-state index is 0.0139. The van der Waals surface area contributed by atoms with Crippen molar-refractivity contribution < 1.29 is 19.5 Å². The zero-order valence-corrected chi connectivity index (χ0v) is 10.9. The lowest BCUT2D eigenvalue weighted by atomic mass is 10.1. The van der Waals surface area contributed by atoms with Crippen molar-refractivity contribution in [1.29, 1.82) is 0 Å². The highest BCUT2D eigenvalue weighted by Crippen LogP contribution is 2.01. The Morgan fingerprint density at radius 2 is 2.05 bits per heavy atom. The molecule has 1 heterocycles. The molecule has 0 fully saturated rings. The lowest BCUT2D eigenvalue weighted by molar-refractivity contribution is -0.142. The molecule has 7 heteroatoms. The van der Waals surface area contributed by atoms with Crippen LogP contribution >= 0.6 is 0 Å². The Balaban J connectivity index is 2.41. The second-order valence-electron chi connectivity index (χ2n) is 4.28. The average Bonchev–Trinajstić information content (AvgIpc) is 2.41. The standard InChI is InChI=1S/C13H17N3O4/c14-11(17)6-5-10(13(19)20)16-12(18)7-4-9-3-1-2-8-15-9/h1-3,8,10H,4-7H2,(H2,14,17)(H,16,18)(H,19,20). The molecule has 0 aromatic carbocycles. The van der Waals surface area contributed by atoms with E-state index in [1.165, 1.54) is 0 Å². The van der Waals surface area contributed by atoms with Gasteiger partial charge in [0.1, 0.15) is 6.04 Å². The SMILES string of the molecule is NC(=O)CCC(NC(=O)CCc1ccccn1)C(=O)O. The number of rotatable bonds is 8. The second-order valence-corrected chi connectivity index (χ2v) is 4.28. The van der Waals surface area contributed by atoms with E-state index in [0.717, 1.165) is 5.69 Å². The van der Waals surface area contributed by atoms with E-state index in [2.05, 4.69) is 10.3 Å². The van der Waals surface area contributed by atoms with Crippen LogP contribution in [0, 0.1) is 0 Å². The molecule has 0 saturated carbocycles. The summed E-state index contributed by atoms with van der Waals surface area (Å²) in [6.07, 6.45) is 2.09. The summed E-state index contributed by atoms with van der Waals surface area (Å²) in [5.74, 6) is -2.18. The van der Waals surface area contributed by atoms with Gasteiger partial charge in [0.2, 0.25) is 11.8 Å². The van der Waals surface area contributed by atoms with Crippen molar-refractivity contribution in [2.45, 2.75) is 31.7 Å². The molecule has 1 atom stereocenters. The van der Waals surface area contributed by atoms with Crippen molar-refractivity contribution in [1.82, 2.24) is 10.3 Å². The number of nitrogens with two attached hydrogens (primary N) is 1. The molecule has 4 N–H and O–H groups in total. The fourth-order valence-corrected chi connectivity index (χ4v) is 1.60. The third kappa shape index (κ3) is 5.94. The predicted molar refractivity (Wildman–Crippen MR) is 70.6 cm³/mol. The Labute approximate surface area is 116 Å². The molecule has 2 amide bonds. The summed E-state index contributed by atoms with van der Waals surface area (Å²) in [6, 6.07) is 4.27. The van der Waals surface area contributed by atoms with Gasteiger partial charge in [-0.15, -0.1) is 0 Å². The Hall–Kier alpha value is -2.44. The van der Waals surface area contributed by atoms with Crippen LogP contribution in [0.3, 0.4) is 0 Å². The Morgan fingerprint density at radius 3 is 2.60 bits per heavy atom. The Morgan fingerprint density at radius 1 is 1.30 bits per heavy atom. The normalized spacial score (nSPS) is 11.6. The number of primary amides is 1. The van der Waals surface area contributed by atoms with Crippen molar-refractivity contribution in [2.75, 3.05) is 0 Å². The summed E-state index contributed by atoms with van der Waals surface area (Å²) >= 11 is 0. The Kier molecular flexibility index (Phi) is 6.15. The number of carboxylic acid groups (broad SMARTS) is 1. The minimum Gasteiger partial charge on any atom is -0.480 e. The summed E-state index contributed by atoms with van der Waals surface area (Å²) in [4.78, 5) is 37.3. The van der Waals surface area contributed by atoms with Gasteiger partial charge in [0.25, 0.3) is 0 Å². The fourth-order valence-electron chi connectivity index (χ4n) is 1.60. The highest BCUT2D eigenvalue weighted by Gasteiger charge is 2.20. The molecule has 0 radical (unpaired) electrons. The predicted octanol–water partition coefficient (Wildman–Crippen LogP) is -0.151. The quantitative estimate of drug-likeness (QED) is 0.610. The number of hydrogen-bond donors (Lipinski definition) is 3. The lowest BCUT2D eigenvalue weighted by Crippen LogP contribution is -2.41. The number of aliphatic carboxylic acids is 1. The summed E-state index contributed by atoms with van der Waals surface area (Å²) < 4.78 is 0. The maximum atomic E-state index is 11.7. The van der Waals surface area contributed by atoms with E-state index >= 15 is 0 Å². The van der Waals surface area contributed by atoms with Crippen molar-refractivity contribution >= 4 is 17.8 Å². The lowest BCUT2D eigenvalue weighted by Gasteiger charge is -2.13. The van der Waals surface area contributed by atoms with Crippen molar-refractivity contribution in [3.8, 4) is 0 Å². The smallest absolute Gasteiger partial charge is 0.326 e. The van der Waals surface area contributed by atoms with Gasteiger partial charge in [-0.25, -0.2) is 4.79 Å². The molecule has 0 saturated heterocycles. The number of pyridine rings is 1. The monoisotopic (exact) mass is 279 g/mol. The van der Waals surface area contributed by atoms with Gasteiger partial charge in [0.05, 0.1) is 0 Å². The van der Waals surface area contributed by atoms with Gasteiger partial charge in [-0.3, -0.25) is 14.6 Å². The van der Waals surface area contributed by atoms with Crippen LogP contribution in [0.25, 0.3) is 0 Å². The molecular formula is C13H17N3O4. The minimum atomic E-state index is -1.18. The zero-order valence-electron chi connectivity index (χ0n) is 10.9. The number of aromatic nitrogens is 1. The number of aryl methyl sites for hydroxylation is 1. The molecule has 0 spiro atoms. The highest BCUT2D eigenvalue weighted by atomic mass is 16.4. The molecule has 20 heavy (non-hydrogen) atoms. The van der Waals surface area contributed by atoms with Crippen LogP contribution in [-0.2, 0) is 20.8 Å². The van der Waals surface area contributed by atoms with Gasteiger partial charge in [0.15, 0.2) is 0 Å². The topological polar surface area (TPSA) is 122 Å². The summed E-state index contributed by atoms with van der Waals surface area (Å²) in [7, 11) is 0. The first-order valence-corrected chi connectivity index (χ1v) is 6.19. The largest absolute Gasteiger partial charge is 0.480 e. The number of carbonyl (C=O) groups is 3. The van der Waals surface area contributed by atoms with E-state index in [1.54, 1.807) is 18.3 Å². The number of carbonyl (C=O) groups excluding carboxylic acids is 2. The Bertz CT molecular complexity index is 476.